The molecule has 11 aromatic rings. The van der Waals surface area contributed by atoms with Gasteiger partial charge in [0.2, 0.25) is 0 Å². The minimum Gasteiger partial charge on any atom is -0.455 e. The Labute approximate surface area is 325 Å². The Kier molecular flexibility index (Phi) is 7.53. The van der Waals surface area contributed by atoms with Gasteiger partial charge in [-0.05, 0) is 103 Å². The molecule has 2 heteroatoms. The Bertz CT molecular complexity index is 3220. The lowest BCUT2D eigenvalue weighted by atomic mass is 9.85. The first kappa shape index (κ1) is 32.0. The number of rotatable bonds is 6. The van der Waals surface area contributed by atoms with Gasteiger partial charge in [0.1, 0.15) is 11.2 Å². The minimum absolute atomic E-state index is 0.864. The molecule has 56 heavy (non-hydrogen) atoms. The smallest absolute Gasteiger partial charge is 0.143 e. The summed E-state index contributed by atoms with van der Waals surface area (Å²) in [5.74, 6) is 0. The standard InChI is InChI=1S/C54H35NO/c1-4-15-36(16-5-1)37-27-30-41(31-28-37)55(49-25-14-26-50-53(49)47-33-29-38-17-10-11-22-43(38)54(47)56-50)42-32-34-45-44-23-12-13-24-46(44)51(39-18-6-2-7-19-39)52(48(45)35-42)40-20-8-3-9-21-40/h1-35H. The molecule has 2 nitrogen and oxygen atoms in total. The van der Waals surface area contributed by atoms with E-state index >= 15 is 0 Å². The van der Waals surface area contributed by atoms with Crippen LogP contribution in [-0.2, 0) is 0 Å². The summed E-state index contributed by atoms with van der Waals surface area (Å²) in [6, 6.07) is 76.4. The SMILES string of the molecule is c1ccc(-c2ccc(N(c3ccc4c(c3)c(-c3ccccc3)c(-c3ccccc3)c3ccccc34)c3cccc4oc5c6ccccc6ccc5c34)cc2)cc1. The highest BCUT2D eigenvalue weighted by atomic mass is 16.3. The van der Waals surface area contributed by atoms with E-state index in [2.05, 4.69) is 217 Å². The quantitative estimate of drug-likeness (QED) is 0.160. The highest BCUT2D eigenvalue weighted by Crippen LogP contribution is 2.49. The summed E-state index contributed by atoms with van der Waals surface area (Å²) >= 11 is 0. The van der Waals surface area contributed by atoms with Crippen molar-refractivity contribution in [3.05, 3.63) is 212 Å². The van der Waals surface area contributed by atoms with Gasteiger partial charge in [0.25, 0.3) is 0 Å². The minimum atomic E-state index is 0.864. The first-order chi connectivity index (χ1) is 27.8. The van der Waals surface area contributed by atoms with Crippen molar-refractivity contribution in [1.82, 2.24) is 0 Å². The van der Waals surface area contributed by atoms with E-state index in [0.29, 0.717) is 0 Å². The zero-order valence-electron chi connectivity index (χ0n) is 30.6. The van der Waals surface area contributed by atoms with Crippen LogP contribution < -0.4 is 4.90 Å². The van der Waals surface area contributed by atoms with E-state index in [1.54, 1.807) is 0 Å². The Morgan fingerprint density at radius 3 is 1.57 bits per heavy atom. The molecule has 0 unspecified atom stereocenters. The fourth-order valence-corrected chi connectivity index (χ4v) is 8.71. The molecule has 0 saturated heterocycles. The van der Waals surface area contributed by atoms with E-state index in [0.717, 1.165) is 44.4 Å². The predicted molar refractivity (Wildman–Crippen MR) is 237 cm³/mol. The van der Waals surface area contributed by atoms with Crippen LogP contribution in [0.3, 0.4) is 0 Å². The first-order valence-corrected chi connectivity index (χ1v) is 19.2. The van der Waals surface area contributed by atoms with E-state index < -0.39 is 0 Å². The summed E-state index contributed by atoms with van der Waals surface area (Å²) in [6.07, 6.45) is 0. The molecule has 0 aliphatic rings. The van der Waals surface area contributed by atoms with Gasteiger partial charge in [-0.1, -0.05) is 170 Å². The lowest BCUT2D eigenvalue weighted by Gasteiger charge is -2.28. The summed E-state index contributed by atoms with van der Waals surface area (Å²) in [4.78, 5) is 2.41. The topological polar surface area (TPSA) is 16.4 Å². The maximum Gasteiger partial charge on any atom is 0.143 e. The molecule has 0 radical (unpaired) electrons. The molecular formula is C54H35NO. The first-order valence-electron chi connectivity index (χ1n) is 19.2. The molecule has 0 N–H and O–H groups in total. The van der Waals surface area contributed by atoms with E-state index in [4.69, 9.17) is 4.42 Å². The Balaban J connectivity index is 1.23. The van der Waals surface area contributed by atoms with Gasteiger partial charge in [-0.25, -0.2) is 0 Å². The highest BCUT2D eigenvalue weighted by Gasteiger charge is 2.23. The van der Waals surface area contributed by atoms with Crippen LogP contribution in [0.4, 0.5) is 17.1 Å². The van der Waals surface area contributed by atoms with Crippen molar-refractivity contribution in [1.29, 1.82) is 0 Å². The summed E-state index contributed by atoms with van der Waals surface area (Å²) in [5, 5.41) is 9.38. The van der Waals surface area contributed by atoms with Gasteiger partial charge in [-0.2, -0.15) is 0 Å². The van der Waals surface area contributed by atoms with Crippen LogP contribution in [0.1, 0.15) is 0 Å². The maximum absolute atomic E-state index is 6.74. The van der Waals surface area contributed by atoms with Crippen LogP contribution in [-0.4, -0.2) is 0 Å². The lowest BCUT2D eigenvalue weighted by molar-refractivity contribution is 0.672. The zero-order valence-corrected chi connectivity index (χ0v) is 30.6. The van der Waals surface area contributed by atoms with Gasteiger partial charge < -0.3 is 9.32 Å². The Hall–Kier alpha value is -7.42. The number of hydrogen-bond donors (Lipinski definition) is 0. The number of anilines is 3. The largest absolute Gasteiger partial charge is 0.455 e. The van der Waals surface area contributed by atoms with Gasteiger partial charge in [0, 0.05) is 22.1 Å². The fraction of sp³-hybridized carbons (Fsp3) is 0. The highest BCUT2D eigenvalue weighted by molar-refractivity contribution is 6.23. The molecule has 0 bridgehead atoms. The maximum atomic E-state index is 6.74. The van der Waals surface area contributed by atoms with Gasteiger partial charge in [-0.15, -0.1) is 0 Å². The van der Waals surface area contributed by atoms with Crippen molar-refractivity contribution in [2.75, 3.05) is 4.90 Å². The second kappa shape index (κ2) is 13.2. The third kappa shape index (κ3) is 5.19. The summed E-state index contributed by atoms with van der Waals surface area (Å²) in [7, 11) is 0. The third-order valence-corrected chi connectivity index (χ3v) is 11.2. The number of furan rings is 1. The second-order valence-corrected chi connectivity index (χ2v) is 14.4. The fourth-order valence-electron chi connectivity index (χ4n) is 8.71. The number of nitrogens with zero attached hydrogens (tertiary/aromatic N) is 1. The van der Waals surface area contributed by atoms with E-state index in [1.165, 1.54) is 60.3 Å². The summed E-state index contributed by atoms with van der Waals surface area (Å²) in [5.41, 5.74) is 12.2. The Morgan fingerprint density at radius 1 is 0.321 bits per heavy atom. The van der Waals surface area contributed by atoms with Crippen molar-refractivity contribution >= 4 is 71.3 Å². The van der Waals surface area contributed by atoms with E-state index in [-0.39, 0.29) is 0 Å². The van der Waals surface area contributed by atoms with Crippen LogP contribution in [0, 0.1) is 0 Å². The molecule has 1 heterocycles. The monoisotopic (exact) mass is 713 g/mol. The van der Waals surface area contributed by atoms with Crippen LogP contribution in [0.25, 0.3) is 87.6 Å². The summed E-state index contributed by atoms with van der Waals surface area (Å²) in [6.45, 7) is 0. The van der Waals surface area contributed by atoms with Crippen LogP contribution in [0.2, 0.25) is 0 Å². The van der Waals surface area contributed by atoms with Crippen molar-refractivity contribution in [2.24, 2.45) is 0 Å². The predicted octanol–water partition coefficient (Wildman–Crippen LogP) is 15.5. The molecule has 0 spiro atoms. The van der Waals surface area contributed by atoms with Crippen LogP contribution in [0.15, 0.2) is 217 Å². The van der Waals surface area contributed by atoms with Crippen molar-refractivity contribution < 1.29 is 4.42 Å². The van der Waals surface area contributed by atoms with Crippen LogP contribution >= 0.6 is 0 Å². The van der Waals surface area contributed by atoms with Crippen LogP contribution in [0.5, 0.6) is 0 Å². The van der Waals surface area contributed by atoms with Gasteiger partial charge in [0.15, 0.2) is 0 Å². The van der Waals surface area contributed by atoms with Gasteiger partial charge in [-0.3, -0.25) is 0 Å². The zero-order chi connectivity index (χ0) is 37.0. The molecule has 0 fully saturated rings. The molecular weight excluding hydrogens is 679 g/mol. The molecule has 0 aliphatic carbocycles. The van der Waals surface area contributed by atoms with Crippen molar-refractivity contribution in [3.8, 4) is 33.4 Å². The molecule has 11 rings (SSSR count). The normalized spacial score (nSPS) is 11.6. The molecule has 1 aromatic heterocycles. The molecule has 10 aromatic carbocycles. The molecule has 0 atom stereocenters. The summed E-state index contributed by atoms with van der Waals surface area (Å²) < 4.78 is 6.74. The van der Waals surface area contributed by atoms with E-state index in [1.807, 2.05) is 0 Å². The second-order valence-electron chi connectivity index (χ2n) is 14.4. The third-order valence-electron chi connectivity index (χ3n) is 11.2. The lowest BCUT2D eigenvalue weighted by Crippen LogP contribution is -2.10. The molecule has 0 aliphatic heterocycles. The van der Waals surface area contributed by atoms with E-state index in [9.17, 15) is 0 Å². The average molecular weight is 714 g/mol. The van der Waals surface area contributed by atoms with Gasteiger partial charge in [0.05, 0.1) is 11.1 Å². The molecule has 0 saturated carbocycles. The number of fused-ring (bicyclic) bond motifs is 8. The number of benzene rings is 10. The average Bonchev–Trinajstić information content (AvgIpc) is 3.67. The van der Waals surface area contributed by atoms with Crippen molar-refractivity contribution in [2.45, 2.75) is 0 Å². The number of hydrogen-bond acceptors (Lipinski definition) is 2. The van der Waals surface area contributed by atoms with Crippen molar-refractivity contribution in [3.63, 3.8) is 0 Å². The molecule has 262 valence electrons. The Morgan fingerprint density at radius 2 is 0.857 bits per heavy atom. The molecule has 0 amide bonds. The van der Waals surface area contributed by atoms with Gasteiger partial charge >= 0.3 is 0 Å².